The zero-order valence-electron chi connectivity index (χ0n) is 52.5. The summed E-state index contributed by atoms with van der Waals surface area (Å²) < 4.78 is 95.6. The van der Waals surface area contributed by atoms with E-state index in [2.05, 4.69) is 27.2 Å². The molecule has 86 heavy (non-hydrogen) atoms. The normalized spacial score (nSPS) is 22.7. The molecule has 2 aliphatic rings. The van der Waals surface area contributed by atoms with Gasteiger partial charge < -0.3 is 68.6 Å². The van der Waals surface area contributed by atoms with Gasteiger partial charge in [0, 0.05) is 58.3 Å². The number of phosphoric acid groups is 1. The predicted octanol–water partition coefficient (Wildman–Crippen LogP) is 6.10. The molecule has 0 bridgehead atoms. The van der Waals surface area contributed by atoms with Crippen LogP contribution in [-0.4, -0.2) is 180 Å². The molecule has 2 heterocycles. The summed E-state index contributed by atoms with van der Waals surface area (Å²) in [5, 5.41) is 11.0. The van der Waals surface area contributed by atoms with E-state index >= 15 is 0 Å². The maximum atomic E-state index is 14.8. The Morgan fingerprint density at radius 3 is 1.44 bits per heavy atom. The van der Waals surface area contributed by atoms with Crippen LogP contribution in [0.25, 0.3) is 0 Å². The molecule has 2 rings (SSSR count). The highest BCUT2D eigenvalue weighted by Crippen LogP contribution is 2.53. The lowest BCUT2D eigenvalue weighted by Crippen LogP contribution is -2.68. The quantitative estimate of drug-likeness (QED) is 0.0176. The molecule has 0 saturated carbocycles. The number of carbonyl (C=O) groups excluding carboxylic acids is 8. The Bertz CT molecular complexity index is 2100. The molecule has 494 valence electrons. The maximum Gasteiger partial charge on any atom is 0.475 e. The van der Waals surface area contributed by atoms with E-state index in [4.69, 9.17) is 67.4 Å². The third-order valence-electron chi connectivity index (χ3n) is 13.5. The molecule has 4 amide bonds. The molecule has 2 saturated heterocycles. The van der Waals surface area contributed by atoms with Crippen LogP contribution in [0.3, 0.4) is 0 Å². The molecule has 26 nitrogen and oxygen atoms in total. The summed E-state index contributed by atoms with van der Waals surface area (Å²) in [5.74, 6) is -2.44. The molecular formula is C59H101N4O22P. The van der Waals surface area contributed by atoms with Gasteiger partial charge >= 0.3 is 31.7 Å². The zero-order valence-corrected chi connectivity index (χ0v) is 53.4. The van der Waals surface area contributed by atoms with Crippen molar-refractivity contribution in [3.05, 3.63) is 0 Å². The summed E-state index contributed by atoms with van der Waals surface area (Å²) in [6, 6.07) is -2.83. The fraction of sp³-hybridized carbons (Fsp3) is 0.831. The highest BCUT2D eigenvalue weighted by atomic mass is 31.2. The molecule has 0 aromatic heterocycles. The van der Waals surface area contributed by atoms with Gasteiger partial charge in [0.1, 0.15) is 48.7 Å². The number of nitrogens with one attached hydrogen (secondary N) is 4. The first kappa shape index (κ1) is 77.3. The fourth-order valence-corrected chi connectivity index (χ4v) is 9.99. The molecule has 5 unspecified atom stereocenters. The Labute approximate surface area is 508 Å². The number of hydrogen-bond donors (Lipinski definition) is 4. The van der Waals surface area contributed by atoms with E-state index < -0.39 is 135 Å². The SMILES string of the molecule is C#CCNC(=O)CCC(=O)NCCO[C@@H]1OC(CO[C@@H]2OC(COCCCC)[C@@H](OP(=O)(OCCCC)OCCCC)C(OC(=O)CC)C2NC(=O)C[C@@H](CC)OC(=O)CC)[C@@H](OCCCC)C(OC(=O)CC)[C@@H]1NC(=O)C[C@@H](CC)OC(=O)CC. The summed E-state index contributed by atoms with van der Waals surface area (Å²) in [7, 11) is -4.52. The molecule has 0 spiro atoms. The van der Waals surface area contributed by atoms with Crippen LogP contribution in [-0.2, 0) is 104 Å². The van der Waals surface area contributed by atoms with Crippen LogP contribution in [0.15, 0.2) is 0 Å². The van der Waals surface area contributed by atoms with Crippen LogP contribution in [0.1, 0.15) is 185 Å². The lowest BCUT2D eigenvalue weighted by Gasteiger charge is -2.48. The predicted molar refractivity (Wildman–Crippen MR) is 312 cm³/mol. The van der Waals surface area contributed by atoms with Crippen molar-refractivity contribution < 1.29 is 104 Å². The van der Waals surface area contributed by atoms with Gasteiger partial charge in [0.15, 0.2) is 24.8 Å². The van der Waals surface area contributed by atoms with Gasteiger partial charge in [-0.1, -0.05) is 101 Å². The van der Waals surface area contributed by atoms with Gasteiger partial charge in [0.2, 0.25) is 23.6 Å². The number of hydrogen-bond acceptors (Lipinski definition) is 22. The first-order valence-electron chi connectivity index (χ1n) is 31.0. The minimum atomic E-state index is -4.52. The smallest absolute Gasteiger partial charge is 0.462 e. The maximum absolute atomic E-state index is 14.8. The fourth-order valence-electron chi connectivity index (χ4n) is 8.53. The average Bonchev–Trinajstić information content (AvgIpc) is 1.12. The second kappa shape index (κ2) is 44.6. The monoisotopic (exact) mass is 1250 g/mol. The van der Waals surface area contributed by atoms with Crippen molar-refractivity contribution in [3.63, 3.8) is 0 Å². The van der Waals surface area contributed by atoms with Gasteiger partial charge in [0.05, 0.1) is 52.4 Å². The van der Waals surface area contributed by atoms with E-state index in [1.165, 1.54) is 0 Å². The minimum Gasteiger partial charge on any atom is -0.462 e. The van der Waals surface area contributed by atoms with E-state index in [9.17, 15) is 42.9 Å². The second-order valence-electron chi connectivity index (χ2n) is 20.6. The van der Waals surface area contributed by atoms with Crippen molar-refractivity contribution in [2.24, 2.45) is 0 Å². The summed E-state index contributed by atoms with van der Waals surface area (Å²) in [4.78, 5) is 106. The van der Waals surface area contributed by atoms with Crippen molar-refractivity contribution in [2.75, 3.05) is 59.3 Å². The number of ether oxygens (including phenoxy) is 10. The van der Waals surface area contributed by atoms with E-state index in [1.807, 2.05) is 27.7 Å². The van der Waals surface area contributed by atoms with E-state index in [0.717, 1.165) is 6.42 Å². The molecule has 0 aromatic carbocycles. The third kappa shape index (κ3) is 29.5. The highest BCUT2D eigenvalue weighted by molar-refractivity contribution is 7.48. The van der Waals surface area contributed by atoms with Crippen molar-refractivity contribution >= 4 is 55.3 Å². The lowest BCUT2D eigenvalue weighted by molar-refractivity contribution is -0.309. The van der Waals surface area contributed by atoms with Crippen molar-refractivity contribution in [1.29, 1.82) is 0 Å². The molecule has 0 aliphatic carbocycles. The molecule has 2 fully saturated rings. The first-order valence-corrected chi connectivity index (χ1v) is 32.4. The van der Waals surface area contributed by atoms with Crippen molar-refractivity contribution in [2.45, 2.75) is 258 Å². The number of rotatable bonds is 46. The number of phosphoric ester groups is 1. The number of terminal acetylenes is 1. The molecule has 2 aliphatic heterocycles. The van der Waals surface area contributed by atoms with Crippen LogP contribution in [0.4, 0.5) is 0 Å². The van der Waals surface area contributed by atoms with E-state index in [-0.39, 0.29) is 117 Å². The average molecular weight is 1250 g/mol. The van der Waals surface area contributed by atoms with Crippen LogP contribution < -0.4 is 21.3 Å². The van der Waals surface area contributed by atoms with E-state index in [0.29, 0.717) is 44.9 Å². The summed E-state index contributed by atoms with van der Waals surface area (Å²) >= 11 is 0. The van der Waals surface area contributed by atoms with E-state index in [1.54, 1.807) is 41.5 Å². The molecule has 4 N–H and O–H groups in total. The first-order chi connectivity index (χ1) is 41.3. The molecule has 0 aromatic rings. The Hall–Kier alpha value is -4.81. The summed E-state index contributed by atoms with van der Waals surface area (Å²) in [5.41, 5.74) is 0. The van der Waals surface area contributed by atoms with Crippen LogP contribution in [0, 0.1) is 12.3 Å². The van der Waals surface area contributed by atoms with Gasteiger partial charge in [-0.05, 0) is 38.5 Å². The van der Waals surface area contributed by atoms with Crippen molar-refractivity contribution in [3.8, 4) is 12.3 Å². The topological polar surface area (TPSA) is 322 Å². The molecular weight excluding hydrogens is 1150 g/mol. The Morgan fingerprint density at radius 1 is 0.512 bits per heavy atom. The highest BCUT2D eigenvalue weighted by Gasteiger charge is 2.55. The lowest BCUT2D eigenvalue weighted by atomic mass is 9.95. The van der Waals surface area contributed by atoms with Gasteiger partial charge in [-0.2, -0.15) is 0 Å². The van der Waals surface area contributed by atoms with Crippen LogP contribution in [0.2, 0.25) is 0 Å². The minimum absolute atomic E-state index is 0.00193. The van der Waals surface area contributed by atoms with Crippen molar-refractivity contribution in [1.82, 2.24) is 21.3 Å². The second-order valence-corrected chi connectivity index (χ2v) is 22.2. The number of unbranched alkanes of at least 4 members (excludes halogenated alkanes) is 4. The number of amides is 4. The summed E-state index contributed by atoms with van der Waals surface area (Å²) in [6.45, 7) is 16.8. The number of carbonyl (C=O) groups is 8. The van der Waals surface area contributed by atoms with Crippen LogP contribution in [0.5, 0.6) is 0 Å². The third-order valence-corrected chi connectivity index (χ3v) is 15.0. The van der Waals surface area contributed by atoms with Crippen LogP contribution >= 0.6 is 7.82 Å². The molecule has 12 atom stereocenters. The zero-order chi connectivity index (χ0) is 63.9. The Kier molecular flexibility index (Phi) is 40.1. The van der Waals surface area contributed by atoms with Gasteiger partial charge in [-0.15, -0.1) is 6.42 Å². The largest absolute Gasteiger partial charge is 0.475 e. The number of esters is 4. The Morgan fingerprint density at radius 2 is 0.965 bits per heavy atom. The van der Waals surface area contributed by atoms with Gasteiger partial charge in [-0.3, -0.25) is 51.9 Å². The molecule has 27 heteroatoms. The summed E-state index contributed by atoms with van der Waals surface area (Å²) in [6.07, 6.45) is -3.50. The van der Waals surface area contributed by atoms with Gasteiger partial charge in [0.25, 0.3) is 0 Å². The Balaban J connectivity index is 2.93. The molecule has 0 radical (unpaired) electrons. The van der Waals surface area contributed by atoms with Gasteiger partial charge in [-0.25, -0.2) is 4.57 Å². The standard InChI is InChI=1S/C59H101N4O22P/c1-12-23-31-73-38-42-55(85-86(72,77-33-25-14-3)78-34-26-15-4)57(84-51(71)22-11)53(63-47(67)37-41(18-7)80-49(69)20-9)59(81-42)76-39-43-54(74-32-24-13-2)56(83-50(70)21-10)52(62-46(66)36-40(17-6)79-48(68)19-8)58(82-43)75-35-30-61-45(65)28-27-44(64)60-29-16-5/h5,40-43,52-59H,12-15,17-39H2,1-4,6-11H3,(H,60,64)(H,61,65)(H,62,66)(H,63,67)/t40-,41-,42?,43?,52+,53?,54-,55-,56?,57?,58-,59-/m1/s1.